The summed E-state index contributed by atoms with van der Waals surface area (Å²) in [7, 11) is 1.59. The number of methoxy groups -OCH3 is 1. The van der Waals surface area contributed by atoms with Crippen LogP contribution >= 0.6 is 11.8 Å². The fourth-order valence-corrected chi connectivity index (χ4v) is 4.60. The number of carbonyl (C=O) groups is 2. The summed E-state index contributed by atoms with van der Waals surface area (Å²) in [6, 6.07) is 6.59. The Morgan fingerprint density at radius 1 is 1.26 bits per heavy atom. The minimum absolute atomic E-state index is 0.198. The topological polar surface area (TPSA) is 84.7 Å². The SMILES string of the molecule is COc1ccc(NC(=O)[C@@H]2CSCN2C(=O)c2noc3c2CCCC3)cc1. The number of thioether (sulfide) groups is 1. The third-order valence-corrected chi connectivity index (χ3v) is 5.97. The van der Waals surface area contributed by atoms with E-state index in [0.717, 1.165) is 42.8 Å². The Morgan fingerprint density at radius 3 is 2.81 bits per heavy atom. The summed E-state index contributed by atoms with van der Waals surface area (Å²) in [5.41, 5.74) is 1.95. The fourth-order valence-electron chi connectivity index (χ4n) is 3.45. The predicted octanol–water partition coefficient (Wildman–Crippen LogP) is 2.72. The Morgan fingerprint density at radius 2 is 2.04 bits per heavy atom. The number of anilines is 1. The van der Waals surface area contributed by atoms with Gasteiger partial charge in [-0.15, -0.1) is 11.8 Å². The van der Waals surface area contributed by atoms with E-state index in [1.807, 2.05) is 0 Å². The molecule has 1 saturated heterocycles. The molecule has 1 aromatic carbocycles. The van der Waals surface area contributed by atoms with Crippen LogP contribution in [0.1, 0.15) is 34.7 Å². The largest absolute Gasteiger partial charge is 0.497 e. The first-order valence-electron chi connectivity index (χ1n) is 8.98. The van der Waals surface area contributed by atoms with Crippen molar-refractivity contribution in [2.24, 2.45) is 0 Å². The number of hydrogen-bond donors (Lipinski definition) is 1. The highest BCUT2D eigenvalue weighted by Crippen LogP contribution is 2.29. The van der Waals surface area contributed by atoms with E-state index in [2.05, 4.69) is 10.5 Å². The Labute approximate surface area is 161 Å². The third kappa shape index (κ3) is 3.53. The molecule has 0 radical (unpaired) electrons. The smallest absolute Gasteiger partial charge is 0.277 e. The number of hydrogen-bond acceptors (Lipinski definition) is 6. The van der Waals surface area contributed by atoms with Crippen molar-refractivity contribution in [3.05, 3.63) is 41.3 Å². The van der Waals surface area contributed by atoms with Gasteiger partial charge in [-0.05, 0) is 43.5 Å². The second-order valence-electron chi connectivity index (χ2n) is 6.65. The lowest BCUT2D eigenvalue weighted by Gasteiger charge is -2.22. The quantitative estimate of drug-likeness (QED) is 0.868. The van der Waals surface area contributed by atoms with Crippen LogP contribution in [0.4, 0.5) is 5.69 Å². The molecule has 27 heavy (non-hydrogen) atoms. The molecule has 7 nitrogen and oxygen atoms in total. The van der Waals surface area contributed by atoms with Crippen LogP contribution in [-0.4, -0.2) is 46.7 Å². The van der Waals surface area contributed by atoms with Gasteiger partial charge in [0.15, 0.2) is 5.69 Å². The normalized spacial score (nSPS) is 18.9. The standard InChI is InChI=1S/C19H21N3O4S/c1-25-13-8-6-12(7-9-13)20-18(23)15-10-27-11-22(15)19(24)17-14-4-2-3-5-16(14)26-21-17/h6-9,15H,2-5,10-11H2,1H3,(H,20,23)/t15-/m0/s1. The van der Waals surface area contributed by atoms with Crippen LogP contribution in [0.25, 0.3) is 0 Å². The van der Waals surface area contributed by atoms with E-state index in [1.165, 1.54) is 0 Å². The number of ether oxygens (including phenoxy) is 1. The van der Waals surface area contributed by atoms with Gasteiger partial charge in [-0.2, -0.15) is 0 Å². The number of rotatable bonds is 4. The number of benzene rings is 1. The number of nitrogens with zero attached hydrogens (tertiary/aromatic N) is 2. The van der Waals surface area contributed by atoms with E-state index in [-0.39, 0.29) is 11.8 Å². The van der Waals surface area contributed by atoms with Crippen molar-refractivity contribution < 1.29 is 18.8 Å². The molecule has 1 aliphatic carbocycles. The maximum atomic E-state index is 13.0. The molecule has 2 aliphatic rings. The maximum absolute atomic E-state index is 13.0. The van der Waals surface area contributed by atoms with Gasteiger partial charge in [0.2, 0.25) is 5.91 Å². The molecule has 0 spiro atoms. The third-order valence-electron chi connectivity index (χ3n) is 4.96. The average Bonchev–Trinajstić information content (AvgIpc) is 3.35. The lowest BCUT2D eigenvalue weighted by atomic mass is 9.96. The fraction of sp³-hybridized carbons (Fsp3) is 0.421. The zero-order valence-electron chi connectivity index (χ0n) is 15.1. The summed E-state index contributed by atoms with van der Waals surface area (Å²) in [6.07, 6.45) is 3.72. The van der Waals surface area contributed by atoms with E-state index < -0.39 is 6.04 Å². The molecular weight excluding hydrogens is 366 g/mol. The van der Waals surface area contributed by atoms with Gasteiger partial charge in [-0.25, -0.2) is 0 Å². The first kappa shape index (κ1) is 17.9. The van der Waals surface area contributed by atoms with Crippen molar-refractivity contribution in [2.75, 3.05) is 24.1 Å². The number of nitrogens with one attached hydrogen (secondary N) is 1. The van der Waals surface area contributed by atoms with Crippen LogP contribution in [0.3, 0.4) is 0 Å². The molecular formula is C19H21N3O4S. The van der Waals surface area contributed by atoms with Gasteiger partial charge in [0.25, 0.3) is 5.91 Å². The maximum Gasteiger partial charge on any atom is 0.277 e. The molecule has 1 N–H and O–H groups in total. The lowest BCUT2D eigenvalue weighted by Crippen LogP contribution is -2.44. The Balaban J connectivity index is 1.48. The van der Waals surface area contributed by atoms with Crippen LogP contribution in [0, 0.1) is 0 Å². The summed E-state index contributed by atoms with van der Waals surface area (Å²) in [5, 5.41) is 6.90. The number of carbonyl (C=O) groups excluding carboxylic acids is 2. The van der Waals surface area contributed by atoms with Crippen molar-refractivity contribution in [1.29, 1.82) is 0 Å². The molecule has 0 bridgehead atoms. The molecule has 2 heterocycles. The minimum atomic E-state index is -0.527. The Bertz CT molecular complexity index is 849. The van der Waals surface area contributed by atoms with Gasteiger partial charge in [0.05, 0.1) is 13.0 Å². The summed E-state index contributed by atoms with van der Waals surface area (Å²) in [5.74, 6) is 2.15. The zero-order valence-corrected chi connectivity index (χ0v) is 15.9. The van der Waals surface area contributed by atoms with Gasteiger partial charge < -0.3 is 19.5 Å². The van der Waals surface area contributed by atoms with Crippen molar-refractivity contribution in [2.45, 2.75) is 31.7 Å². The molecule has 2 amide bonds. The molecule has 1 atom stereocenters. The first-order chi connectivity index (χ1) is 13.2. The summed E-state index contributed by atoms with van der Waals surface area (Å²) in [4.78, 5) is 27.4. The Kier molecular flexibility index (Phi) is 5.07. The first-order valence-corrected chi connectivity index (χ1v) is 10.1. The van der Waals surface area contributed by atoms with Crippen molar-refractivity contribution >= 4 is 29.3 Å². The molecule has 1 fully saturated rings. The van der Waals surface area contributed by atoms with E-state index in [4.69, 9.17) is 9.26 Å². The minimum Gasteiger partial charge on any atom is -0.497 e. The van der Waals surface area contributed by atoms with E-state index in [9.17, 15) is 9.59 Å². The van der Waals surface area contributed by atoms with Gasteiger partial charge in [-0.1, -0.05) is 5.16 Å². The van der Waals surface area contributed by atoms with Crippen LogP contribution in [0.5, 0.6) is 5.75 Å². The number of fused-ring (bicyclic) bond motifs is 1. The molecule has 1 aliphatic heterocycles. The van der Waals surface area contributed by atoms with E-state index >= 15 is 0 Å². The van der Waals surface area contributed by atoms with Crippen molar-refractivity contribution in [1.82, 2.24) is 10.1 Å². The van der Waals surface area contributed by atoms with Crippen molar-refractivity contribution in [3.63, 3.8) is 0 Å². The molecule has 2 aromatic rings. The highest BCUT2D eigenvalue weighted by atomic mass is 32.2. The molecule has 0 saturated carbocycles. The summed E-state index contributed by atoms with van der Waals surface area (Å²) in [6.45, 7) is 0. The zero-order chi connectivity index (χ0) is 18.8. The second-order valence-corrected chi connectivity index (χ2v) is 7.65. The van der Waals surface area contributed by atoms with E-state index in [1.54, 1.807) is 48.0 Å². The van der Waals surface area contributed by atoms with Gasteiger partial charge in [0, 0.05) is 23.4 Å². The lowest BCUT2D eigenvalue weighted by molar-refractivity contribution is -0.119. The predicted molar refractivity (Wildman–Crippen MR) is 102 cm³/mol. The van der Waals surface area contributed by atoms with Crippen LogP contribution < -0.4 is 10.1 Å². The molecule has 8 heteroatoms. The summed E-state index contributed by atoms with van der Waals surface area (Å²) < 4.78 is 10.5. The molecule has 1 aromatic heterocycles. The molecule has 4 rings (SSSR count). The molecule has 0 unspecified atom stereocenters. The number of amides is 2. The average molecular weight is 387 g/mol. The van der Waals surface area contributed by atoms with Gasteiger partial charge >= 0.3 is 0 Å². The molecule has 142 valence electrons. The van der Waals surface area contributed by atoms with Crippen LogP contribution in [-0.2, 0) is 17.6 Å². The Hall–Kier alpha value is -2.48. The number of aryl methyl sites for hydroxylation is 1. The second kappa shape index (κ2) is 7.64. The van der Waals surface area contributed by atoms with Gasteiger partial charge in [-0.3, -0.25) is 9.59 Å². The summed E-state index contributed by atoms with van der Waals surface area (Å²) >= 11 is 1.56. The van der Waals surface area contributed by atoms with Crippen LogP contribution in [0.2, 0.25) is 0 Å². The number of aromatic nitrogens is 1. The van der Waals surface area contributed by atoms with Crippen LogP contribution in [0.15, 0.2) is 28.8 Å². The van der Waals surface area contributed by atoms with Crippen molar-refractivity contribution in [3.8, 4) is 5.75 Å². The highest BCUT2D eigenvalue weighted by Gasteiger charge is 2.38. The monoisotopic (exact) mass is 387 g/mol. The highest BCUT2D eigenvalue weighted by molar-refractivity contribution is 7.99. The van der Waals surface area contributed by atoms with E-state index in [0.29, 0.717) is 23.0 Å². The van der Waals surface area contributed by atoms with Gasteiger partial charge in [0.1, 0.15) is 17.6 Å².